The van der Waals surface area contributed by atoms with E-state index in [1.54, 1.807) is 0 Å². The molecular weight excluding hydrogens is 180 g/mol. The van der Waals surface area contributed by atoms with E-state index < -0.39 is 0 Å². The quantitative estimate of drug-likeness (QED) is 0.626. The molecule has 0 nitrogen and oxygen atoms in total. The minimum absolute atomic E-state index is 1.32. The van der Waals surface area contributed by atoms with Gasteiger partial charge in [-0.2, -0.15) is 0 Å². The molecular formula is C15H16. The van der Waals surface area contributed by atoms with Crippen molar-refractivity contribution in [2.75, 3.05) is 0 Å². The van der Waals surface area contributed by atoms with E-state index in [0.29, 0.717) is 0 Å². The van der Waals surface area contributed by atoms with Gasteiger partial charge in [-0.15, -0.1) is 0 Å². The summed E-state index contributed by atoms with van der Waals surface area (Å²) in [4.78, 5) is 0. The first-order chi connectivity index (χ1) is 7.18. The van der Waals surface area contributed by atoms with Crippen molar-refractivity contribution in [2.24, 2.45) is 0 Å². The Morgan fingerprint density at radius 2 is 1.73 bits per heavy atom. The van der Waals surface area contributed by atoms with Crippen LogP contribution in [0.1, 0.15) is 25.0 Å². The van der Waals surface area contributed by atoms with E-state index in [9.17, 15) is 0 Å². The van der Waals surface area contributed by atoms with Gasteiger partial charge in [-0.3, -0.25) is 0 Å². The van der Waals surface area contributed by atoms with E-state index >= 15 is 0 Å². The molecule has 0 N–H and O–H groups in total. The molecule has 0 aromatic heterocycles. The van der Waals surface area contributed by atoms with Crippen LogP contribution >= 0.6 is 0 Å². The van der Waals surface area contributed by atoms with Crippen molar-refractivity contribution in [1.29, 1.82) is 0 Å². The van der Waals surface area contributed by atoms with Gasteiger partial charge in [0.15, 0.2) is 0 Å². The Kier molecular flexibility index (Phi) is 2.59. The van der Waals surface area contributed by atoms with Gasteiger partial charge in [-0.1, -0.05) is 48.0 Å². The molecule has 0 unspecified atom stereocenters. The first kappa shape index (κ1) is 9.97. The summed E-state index contributed by atoms with van der Waals surface area (Å²) in [6.45, 7) is 6.45. The van der Waals surface area contributed by atoms with Crippen molar-refractivity contribution in [3.8, 4) is 0 Å². The number of fused-ring (bicyclic) bond motifs is 1. The fourth-order valence-corrected chi connectivity index (χ4v) is 1.88. The van der Waals surface area contributed by atoms with Crippen LogP contribution in [0.25, 0.3) is 16.8 Å². The molecule has 2 aromatic rings. The van der Waals surface area contributed by atoms with E-state index in [1.807, 2.05) is 0 Å². The lowest BCUT2D eigenvalue weighted by Crippen LogP contribution is -1.84. The molecule has 15 heavy (non-hydrogen) atoms. The SMILES string of the molecule is CC(C)=Cc1c(C)ccc2ccccc12. The van der Waals surface area contributed by atoms with Gasteiger partial charge in [0.05, 0.1) is 0 Å². The zero-order chi connectivity index (χ0) is 10.8. The van der Waals surface area contributed by atoms with Crippen LogP contribution in [-0.4, -0.2) is 0 Å². The first-order valence-corrected chi connectivity index (χ1v) is 5.32. The largest absolute Gasteiger partial charge is 0.0758 e. The van der Waals surface area contributed by atoms with Crippen LogP contribution < -0.4 is 0 Å². The van der Waals surface area contributed by atoms with Gasteiger partial charge in [-0.05, 0) is 42.7 Å². The molecule has 0 heterocycles. The highest BCUT2D eigenvalue weighted by Crippen LogP contribution is 2.24. The summed E-state index contributed by atoms with van der Waals surface area (Å²) in [5.74, 6) is 0. The smallest absolute Gasteiger partial charge is 0.0109 e. The Bertz CT molecular complexity index is 515. The number of hydrogen-bond donors (Lipinski definition) is 0. The van der Waals surface area contributed by atoms with Gasteiger partial charge in [0, 0.05) is 0 Å². The number of allylic oxidation sites excluding steroid dienone is 1. The maximum absolute atomic E-state index is 2.26. The second kappa shape index (κ2) is 3.90. The van der Waals surface area contributed by atoms with E-state index in [0.717, 1.165) is 0 Å². The zero-order valence-electron chi connectivity index (χ0n) is 9.54. The predicted molar refractivity (Wildman–Crippen MR) is 68.0 cm³/mol. The lowest BCUT2D eigenvalue weighted by molar-refractivity contribution is 1.40. The number of rotatable bonds is 1. The molecule has 0 spiro atoms. The van der Waals surface area contributed by atoms with E-state index in [1.165, 1.54) is 27.5 Å². The first-order valence-electron chi connectivity index (χ1n) is 5.32. The highest BCUT2D eigenvalue weighted by molar-refractivity contribution is 5.92. The maximum Gasteiger partial charge on any atom is -0.0109 e. The van der Waals surface area contributed by atoms with Crippen LogP contribution in [0.15, 0.2) is 42.0 Å². The van der Waals surface area contributed by atoms with Gasteiger partial charge < -0.3 is 0 Å². The minimum atomic E-state index is 1.32. The van der Waals surface area contributed by atoms with Gasteiger partial charge in [0.2, 0.25) is 0 Å². The van der Waals surface area contributed by atoms with Crippen molar-refractivity contribution in [1.82, 2.24) is 0 Å². The van der Waals surface area contributed by atoms with Crippen molar-refractivity contribution >= 4 is 16.8 Å². The standard InChI is InChI=1S/C15H16/c1-11(2)10-15-12(3)8-9-13-6-4-5-7-14(13)15/h4-10H,1-3H3. The van der Waals surface area contributed by atoms with Crippen LogP contribution in [-0.2, 0) is 0 Å². The maximum atomic E-state index is 2.26. The highest BCUT2D eigenvalue weighted by Gasteiger charge is 2.00. The fourth-order valence-electron chi connectivity index (χ4n) is 1.88. The van der Waals surface area contributed by atoms with Gasteiger partial charge in [0.1, 0.15) is 0 Å². The third-order valence-corrected chi connectivity index (χ3v) is 2.62. The Morgan fingerprint density at radius 3 is 2.47 bits per heavy atom. The molecule has 0 heteroatoms. The number of benzene rings is 2. The second-order valence-corrected chi connectivity index (χ2v) is 4.24. The van der Waals surface area contributed by atoms with Crippen molar-refractivity contribution < 1.29 is 0 Å². The predicted octanol–water partition coefficient (Wildman–Crippen LogP) is 4.57. The lowest BCUT2D eigenvalue weighted by atomic mass is 9.98. The molecule has 0 bridgehead atoms. The Balaban J connectivity index is 2.80. The third kappa shape index (κ3) is 1.94. The van der Waals surface area contributed by atoms with E-state index in [2.05, 4.69) is 63.2 Å². The summed E-state index contributed by atoms with van der Waals surface area (Å²) < 4.78 is 0. The molecule has 0 atom stereocenters. The van der Waals surface area contributed by atoms with Crippen LogP contribution in [0.5, 0.6) is 0 Å². The summed E-state index contributed by atoms with van der Waals surface area (Å²) in [6.07, 6.45) is 2.26. The number of aryl methyl sites for hydroxylation is 1. The van der Waals surface area contributed by atoms with Crippen molar-refractivity contribution in [2.45, 2.75) is 20.8 Å². The minimum Gasteiger partial charge on any atom is -0.0758 e. The van der Waals surface area contributed by atoms with Crippen LogP contribution in [0, 0.1) is 6.92 Å². The summed E-state index contributed by atoms with van der Waals surface area (Å²) in [5, 5.41) is 2.66. The number of hydrogen-bond acceptors (Lipinski definition) is 0. The highest BCUT2D eigenvalue weighted by atomic mass is 14.1. The Labute approximate surface area is 91.2 Å². The van der Waals surface area contributed by atoms with Crippen LogP contribution in [0.2, 0.25) is 0 Å². The Morgan fingerprint density at radius 1 is 1.00 bits per heavy atom. The third-order valence-electron chi connectivity index (χ3n) is 2.62. The second-order valence-electron chi connectivity index (χ2n) is 4.24. The molecule has 0 aliphatic heterocycles. The molecule has 0 saturated heterocycles. The molecule has 2 rings (SSSR count). The Hall–Kier alpha value is -1.56. The van der Waals surface area contributed by atoms with E-state index in [4.69, 9.17) is 0 Å². The summed E-state index contributed by atoms with van der Waals surface area (Å²) in [6, 6.07) is 12.9. The van der Waals surface area contributed by atoms with Crippen molar-refractivity contribution in [3.05, 3.63) is 53.1 Å². The molecule has 0 aliphatic carbocycles. The van der Waals surface area contributed by atoms with Crippen molar-refractivity contribution in [3.63, 3.8) is 0 Å². The summed E-state index contributed by atoms with van der Waals surface area (Å²) in [7, 11) is 0. The summed E-state index contributed by atoms with van der Waals surface area (Å²) in [5.41, 5.74) is 4.04. The molecule has 0 fully saturated rings. The molecule has 0 radical (unpaired) electrons. The average molecular weight is 196 g/mol. The zero-order valence-corrected chi connectivity index (χ0v) is 9.54. The monoisotopic (exact) mass is 196 g/mol. The van der Waals surface area contributed by atoms with E-state index in [-0.39, 0.29) is 0 Å². The van der Waals surface area contributed by atoms with Gasteiger partial charge >= 0.3 is 0 Å². The normalized spacial score (nSPS) is 10.3. The molecule has 2 aromatic carbocycles. The fraction of sp³-hybridized carbons (Fsp3) is 0.200. The molecule has 0 aliphatic rings. The molecule has 0 saturated carbocycles. The average Bonchev–Trinajstić information content (AvgIpc) is 2.22. The molecule has 76 valence electrons. The van der Waals surface area contributed by atoms with Gasteiger partial charge in [0.25, 0.3) is 0 Å². The summed E-state index contributed by atoms with van der Waals surface area (Å²) >= 11 is 0. The van der Waals surface area contributed by atoms with Gasteiger partial charge in [-0.25, -0.2) is 0 Å². The lowest BCUT2D eigenvalue weighted by Gasteiger charge is -2.06. The van der Waals surface area contributed by atoms with Crippen LogP contribution in [0.4, 0.5) is 0 Å². The topological polar surface area (TPSA) is 0 Å². The molecule has 0 amide bonds. The van der Waals surface area contributed by atoms with Crippen LogP contribution in [0.3, 0.4) is 0 Å².